The van der Waals surface area contributed by atoms with Gasteiger partial charge >= 0.3 is 6.61 Å². The summed E-state index contributed by atoms with van der Waals surface area (Å²) in [6, 6.07) is 7.74. The molecule has 2 saturated heterocycles. The van der Waals surface area contributed by atoms with Crippen LogP contribution in [0.3, 0.4) is 0 Å². The van der Waals surface area contributed by atoms with Gasteiger partial charge in [-0.2, -0.15) is 8.78 Å². The molecule has 0 spiro atoms. The molecule has 0 amide bonds. The zero-order valence-electron chi connectivity index (χ0n) is 13.1. The second kappa shape index (κ2) is 8.78. The molecule has 4 nitrogen and oxygen atoms in total. The van der Waals surface area contributed by atoms with Crippen LogP contribution in [0, 0.1) is 0 Å². The molecule has 1 aromatic rings. The van der Waals surface area contributed by atoms with E-state index in [0.717, 1.165) is 44.8 Å². The first-order valence-corrected chi connectivity index (χ1v) is 7.92. The summed E-state index contributed by atoms with van der Waals surface area (Å²) in [5.41, 5.74) is 0.832. The smallest absolute Gasteiger partial charge is 0.387 e. The molecular formula is C16H24ClF2N3O. The maximum absolute atomic E-state index is 12.5. The minimum atomic E-state index is -2.77. The van der Waals surface area contributed by atoms with E-state index >= 15 is 0 Å². The molecular weight excluding hydrogens is 324 g/mol. The number of halogens is 3. The molecule has 1 atom stereocenters. The molecule has 2 aliphatic heterocycles. The predicted octanol–water partition coefficient (Wildman–Crippen LogP) is 2.19. The largest absolute Gasteiger partial charge is 0.434 e. The van der Waals surface area contributed by atoms with E-state index in [9.17, 15) is 8.78 Å². The Hall–Kier alpha value is -0.950. The van der Waals surface area contributed by atoms with Crippen molar-refractivity contribution < 1.29 is 13.5 Å². The molecule has 2 fully saturated rings. The first kappa shape index (κ1) is 18.4. The van der Waals surface area contributed by atoms with Crippen LogP contribution in [0.15, 0.2) is 24.3 Å². The maximum atomic E-state index is 12.5. The highest BCUT2D eigenvalue weighted by Gasteiger charge is 2.26. The van der Waals surface area contributed by atoms with Gasteiger partial charge in [-0.3, -0.25) is 9.80 Å². The first-order chi connectivity index (χ1) is 10.7. The molecule has 0 aromatic heterocycles. The predicted molar refractivity (Wildman–Crippen MR) is 88.4 cm³/mol. The summed E-state index contributed by atoms with van der Waals surface area (Å²) >= 11 is 0. The Morgan fingerprint density at radius 2 is 1.91 bits per heavy atom. The SMILES string of the molecule is Cl.FC(F)Oc1ccccc1CN1CCN(C2CCNC2)CC1. The maximum Gasteiger partial charge on any atom is 0.387 e. The van der Waals surface area contributed by atoms with Gasteiger partial charge in [-0.05, 0) is 19.0 Å². The normalized spacial score (nSPS) is 23.0. The van der Waals surface area contributed by atoms with Gasteiger partial charge in [0, 0.05) is 50.9 Å². The standard InChI is InChI=1S/C16H23F2N3O.ClH/c17-16(18)22-15-4-2-1-3-13(15)12-20-7-9-21(10-8-20)14-5-6-19-11-14;/h1-4,14,16,19H,5-12H2;1H. The molecule has 0 bridgehead atoms. The zero-order valence-corrected chi connectivity index (χ0v) is 13.9. The number of ether oxygens (including phenoxy) is 1. The Bertz CT molecular complexity index is 478. The number of nitrogens with zero attached hydrogens (tertiary/aromatic N) is 2. The zero-order chi connectivity index (χ0) is 15.4. The molecule has 0 saturated carbocycles. The molecule has 7 heteroatoms. The number of benzene rings is 1. The molecule has 2 aliphatic rings. The van der Waals surface area contributed by atoms with E-state index in [1.165, 1.54) is 6.42 Å². The van der Waals surface area contributed by atoms with Crippen LogP contribution < -0.4 is 10.1 Å². The second-order valence-corrected chi connectivity index (χ2v) is 5.94. The van der Waals surface area contributed by atoms with Crippen LogP contribution in [-0.4, -0.2) is 61.7 Å². The number of hydrogen-bond donors (Lipinski definition) is 1. The molecule has 2 heterocycles. The molecule has 3 rings (SSSR count). The average Bonchev–Trinajstić information content (AvgIpc) is 3.04. The van der Waals surface area contributed by atoms with E-state index in [0.29, 0.717) is 18.3 Å². The Balaban J connectivity index is 0.00000192. The fourth-order valence-corrected chi connectivity index (χ4v) is 3.32. The van der Waals surface area contributed by atoms with Gasteiger partial charge in [0.25, 0.3) is 0 Å². The summed E-state index contributed by atoms with van der Waals surface area (Å²) in [6.45, 7) is 4.13. The molecule has 1 aromatic carbocycles. The lowest BCUT2D eigenvalue weighted by atomic mass is 10.1. The topological polar surface area (TPSA) is 27.7 Å². The average molecular weight is 348 g/mol. The van der Waals surface area contributed by atoms with E-state index in [4.69, 9.17) is 0 Å². The van der Waals surface area contributed by atoms with E-state index in [1.54, 1.807) is 12.1 Å². The lowest BCUT2D eigenvalue weighted by Crippen LogP contribution is -2.50. The number of hydrogen-bond acceptors (Lipinski definition) is 4. The van der Waals surface area contributed by atoms with Gasteiger partial charge in [-0.25, -0.2) is 0 Å². The van der Waals surface area contributed by atoms with Crippen LogP contribution in [0.5, 0.6) is 5.75 Å². The van der Waals surface area contributed by atoms with Crippen molar-refractivity contribution in [2.75, 3.05) is 39.3 Å². The highest BCUT2D eigenvalue weighted by molar-refractivity contribution is 5.85. The number of piperazine rings is 1. The molecule has 0 aliphatic carbocycles. The van der Waals surface area contributed by atoms with Crippen molar-refractivity contribution in [1.82, 2.24) is 15.1 Å². The van der Waals surface area contributed by atoms with Crippen LogP contribution in [0.4, 0.5) is 8.78 Å². The minimum Gasteiger partial charge on any atom is -0.434 e. The van der Waals surface area contributed by atoms with Crippen LogP contribution in [-0.2, 0) is 6.54 Å². The van der Waals surface area contributed by atoms with Gasteiger partial charge in [0.1, 0.15) is 5.75 Å². The number of nitrogens with one attached hydrogen (secondary N) is 1. The Morgan fingerprint density at radius 3 is 2.57 bits per heavy atom. The van der Waals surface area contributed by atoms with Crippen molar-refractivity contribution in [1.29, 1.82) is 0 Å². The van der Waals surface area contributed by atoms with Gasteiger partial charge in [-0.1, -0.05) is 18.2 Å². The lowest BCUT2D eigenvalue weighted by Gasteiger charge is -2.38. The summed E-state index contributed by atoms with van der Waals surface area (Å²) in [5.74, 6) is 0.292. The van der Waals surface area contributed by atoms with Gasteiger partial charge in [-0.15, -0.1) is 12.4 Å². The number of alkyl halides is 2. The highest BCUT2D eigenvalue weighted by Crippen LogP contribution is 2.23. The molecule has 0 radical (unpaired) electrons. The minimum absolute atomic E-state index is 0. The third kappa shape index (κ3) is 5.01. The molecule has 1 unspecified atom stereocenters. The van der Waals surface area contributed by atoms with Crippen LogP contribution in [0.2, 0.25) is 0 Å². The third-order valence-corrected chi connectivity index (χ3v) is 4.54. The van der Waals surface area contributed by atoms with Gasteiger partial charge in [0.05, 0.1) is 0 Å². The Kier molecular flexibility index (Phi) is 7.02. The first-order valence-electron chi connectivity index (χ1n) is 7.92. The molecule has 23 heavy (non-hydrogen) atoms. The van der Waals surface area contributed by atoms with Gasteiger partial charge in [0.15, 0.2) is 0 Å². The van der Waals surface area contributed by atoms with E-state index in [1.807, 2.05) is 12.1 Å². The summed E-state index contributed by atoms with van der Waals surface area (Å²) in [6.07, 6.45) is 1.23. The Morgan fingerprint density at radius 1 is 1.17 bits per heavy atom. The summed E-state index contributed by atoms with van der Waals surface area (Å²) in [7, 11) is 0. The van der Waals surface area contributed by atoms with Crippen molar-refractivity contribution in [3.8, 4) is 5.75 Å². The van der Waals surface area contributed by atoms with E-state index in [-0.39, 0.29) is 12.4 Å². The monoisotopic (exact) mass is 347 g/mol. The van der Waals surface area contributed by atoms with Crippen LogP contribution in [0.1, 0.15) is 12.0 Å². The molecule has 130 valence electrons. The lowest BCUT2D eigenvalue weighted by molar-refractivity contribution is -0.0509. The van der Waals surface area contributed by atoms with Crippen LogP contribution >= 0.6 is 12.4 Å². The highest BCUT2D eigenvalue weighted by atomic mass is 35.5. The Labute approximate surface area is 142 Å². The second-order valence-electron chi connectivity index (χ2n) is 5.94. The summed E-state index contributed by atoms with van der Waals surface area (Å²) in [5, 5.41) is 3.40. The van der Waals surface area contributed by atoms with Crippen LogP contribution in [0.25, 0.3) is 0 Å². The summed E-state index contributed by atoms with van der Waals surface area (Å²) < 4.78 is 29.5. The van der Waals surface area contributed by atoms with Crippen molar-refractivity contribution in [2.45, 2.75) is 25.6 Å². The van der Waals surface area contributed by atoms with Crippen molar-refractivity contribution in [3.05, 3.63) is 29.8 Å². The molecule has 1 N–H and O–H groups in total. The number of rotatable bonds is 5. The third-order valence-electron chi connectivity index (χ3n) is 4.54. The number of para-hydroxylation sites is 1. The quantitative estimate of drug-likeness (QED) is 0.883. The fourth-order valence-electron chi connectivity index (χ4n) is 3.32. The van der Waals surface area contributed by atoms with E-state index < -0.39 is 6.61 Å². The van der Waals surface area contributed by atoms with Crippen molar-refractivity contribution >= 4 is 12.4 Å². The van der Waals surface area contributed by atoms with Crippen molar-refractivity contribution in [2.24, 2.45) is 0 Å². The summed E-state index contributed by atoms with van der Waals surface area (Å²) in [4.78, 5) is 4.85. The fraction of sp³-hybridized carbons (Fsp3) is 0.625. The van der Waals surface area contributed by atoms with E-state index in [2.05, 4.69) is 19.9 Å². The van der Waals surface area contributed by atoms with Crippen molar-refractivity contribution in [3.63, 3.8) is 0 Å². The van der Waals surface area contributed by atoms with Gasteiger partial charge in [0.2, 0.25) is 0 Å². The van der Waals surface area contributed by atoms with Gasteiger partial charge < -0.3 is 10.1 Å².